The first-order valence-electron chi connectivity index (χ1n) is 6.48. The van der Waals surface area contributed by atoms with Crippen molar-refractivity contribution in [3.63, 3.8) is 0 Å². The van der Waals surface area contributed by atoms with Gasteiger partial charge in [0.15, 0.2) is 0 Å². The Kier molecular flexibility index (Phi) is 4.45. The van der Waals surface area contributed by atoms with Crippen molar-refractivity contribution in [1.29, 1.82) is 0 Å². The zero-order valence-corrected chi connectivity index (χ0v) is 9.91. The van der Waals surface area contributed by atoms with E-state index >= 15 is 0 Å². The minimum absolute atomic E-state index is 0.115. The van der Waals surface area contributed by atoms with E-state index < -0.39 is 0 Å². The molecule has 4 nitrogen and oxygen atoms in total. The summed E-state index contributed by atoms with van der Waals surface area (Å²) in [5.41, 5.74) is 0. The Morgan fingerprint density at radius 3 is 2.81 bits per heavy atom. The van der Waals surface area contributed by atoms with E-state index in [1.54, 1.807) is 0 Å². The van der Waals surface area contributed by atoms with Gasteiger partial charge in [0, 0.05) is 19.6 Å². The maximum Gasteiger partial charge on any atom is 0.409 e. The van der Waals surface area contributed by atoms with E-state index in [4.69, 9.17) is 4.74 Å². The number of carbonyl (C=O) groups excluding carboxylic acids is 1. The fourth-order valence-corrected chi connectivity index (χ4v) is 2.49. The normalized spacial score (nSPS) is 23.1. The Labute approximate surface area is 97.3 Å². The van der Waals surface area contributed by atoms with E-state index in [2.05, 4.69) is 5.32 Å². The van der Waals surface area contributed by atoms with E-state index in [0.29, 0.717) is 12.5 Å². The van der Waals surface area contributed by atoms with Crippen LogP contribution in [0.5, 0.6) is 0 Å². The summed E-state index contributed by atoms with van der Waals surface area (Å²) in [5, 5.41) is 3.28. The van der Waals surface area contributed by atoms with Gasteiger partial charge in [-0.25, -0.2) is 4.79 Å². The first kappa shape index (κ1) is 11.7. The van der Waals surface area contributed by atoms with Gasteiger partial charge in [-0.2, -0.15) is 0 Å². The highest BCUT2D eigenvalue weighted by molar-refractivity contribution is 5.67. The molecular formula is C12H22N2O2. The Morgan fingerprint density at radius 1 is 1.19 bits per heavy atom. The summed E-state index contributed by atoms with van der Waals surface area (Å²) >= 11 is 0. The van der Waals surface area contributed by atoms with Crippen LogP contribution in [0.1, 0.15) is 32.1 Å². The molecule has 0 aromatic rings. The molecule has 0 radical (unpaired) electrons. The van der Waals surface area contributed by atoms with Crippen molar-refractivity contribution in [2.75, 3.05) is 32.8 Å². The maximum atomic E-state index is 11.8. The number of nitrogens with one attached hydrogen (secondary N) is 1. The first-order chi connectivity index (χ1) is 7.86. The standard InChI is InChI=1S/C12H22N2O2/c15-12(14-8-3-6-13-7-9-14)16-10-11-4-1-2-5-11/h11,13H,1-10H2. The van der Waals surface area contributed by atoms with Gasteiger partial charge >= 0.3 is 6.09 Å². The molecule has 1 aliphatic carbocycles. The van der Waals surface area contributed by atoms with Crippen LogP contribution in [-0.4, -0.2) is 43.8 Å². The second kappa shape index (κ2) is 6.09. The molecule has 0 spiro atoms. The summed E-state index contributed by atoms with van der Waals surface area (Å²) in [6.45, 7) is 4.13. The molecule has 2 rings (SSSR count). The third-order valence-electron chi connectivity index (χ3n) is 3.52. The van der Waals surface area contributed by atoms with Crippen LogP contribution >= 0.6 is 0 Å². The third-order valence-corrected chi connectivity index (χ3v) is 3.52. The maximum absolute atomic E-state index is 11.8. The summed E-state index contributed by atoms with van der Waals surface area (Å²) in [7, 11) is 0. The van der Waals surface area contributed by atoms with Crippen LogP contribution in [0.25, 0.3) is 0 Å². The largest absolute Gasteiger partial charge is 0.449 e. The molecule has 1 aliphatic heterocycles. The lowest BCUT2D eigenvalue weighted by Gasteiger charge is -2.20. The SMILES string of the molecule is O=C(OCC1CCCC1)N1CCCNCC1. The second-order valence-corrected chi connectivity index (χ2v) is 4.82. The first-order valence-corrected chi connectivity index (χ1v) is 6.48. The molecule has 0 atom stereocenters. The molecule has 0 unspecified atom stereocenters. The molecule has 2 aliphatic rings. The molecule has 16 heavy (non-hydrogen) atoms. The van der Waals surface area contributed by atoms with Crippen molar-refractivity contribution in [3.8, 4) is 0 Å². The molecule has 4 heteroatoms. The van der Waals surface area contributed by atoms with Crippen LogP contribution in [-0.2, 0) is 4.74 Å². The number of amides is 1. The Balaban J connectivity index is 1.69. The van der Waals surface area contributed by atoms with E-state index in [1.165, 1.54) is 25.7 Å². The van der Waals surface area contributed by atoms with Gasteiger partial charge in [-0.05, 0) is 31.7 Å². The third kappa shape index (κ3) is 3.37. The molecule has 1 amide bonds. The van der Waals surface area contributed by atoms with E-state index in [-0.39, 0.29) is 6.09 Å². The predicted molar refractivity (Wildman–Crippen MR) is 62.4 cm³/mol. The summed E-state index contributed by atoms with van der Waals surface area (Å²) in [5.74, 6) is 0.619. The van der Waals surface area contributed by atoms with E-state index in [1.807, 2.05) is 4.90 Å². The molecule has 0 aromatic carbocycles. The fourth-order valence-electron chi connectivity index (χ4n) is 2.49. The van der Waals surface area contributed by atoms with Gasteiger partial charge in [-0.15, -0.1) is 0 Å². The smallest absolute Gasteiger partial charge is 0.409 e. The van der Waals surface area contributed by atoms with Gasteiger partial charge in [-0.3, -0.25) is 0 Å². The average molecular weight is 226 g/mol. The molecular weight excluding hydrogens is 204 g/mol. The predicted octanol–water partition coefficient (Wildman–Crippen LogP) is 1.61. The minimum Gasteiger partial charge on any atom is -0.449 e. The average Bonchev–Trinajstić information content (AvgIpc) is 2.66. The molecule has 1 heterocycles. The second-order valence-electron chi connectivity index (χ2n) is 4.82. The zero-order valence-electron chi connectivity index (χ0n) is 9.91. The number of hydrogen-bond acceptors (Lipinski definition) is 3. The molecule has 0 aromatic heterocycles. The van der Waals surface area contributed by atoms with Crippen molar-refractivity contribution in [1.82, 2.24) is 10.2 Å². The lowest BCUT2D eigenvalue weighted by atomic mass is 10.1. The van der Waals surface area contributed by atoms with Crippen LogP contribution < -0.4 is 5.32 Å². The Hall–Kier alpha value is -0.770. The van der Waals surface area contributed by atoms with Gasteiger partial charge < -0.3 is 15.0 Å². The number of nitrogens with zero attached hydrogens (tertiary/aromatic N) is 1. The van der Waals surface area contributed by atoms with Crippen LogP contribution in [0, 0.1) is 5.92 Å². The van der Waals surface area contributed by atoms with Gasteiger partial charge in [0.25, 0.3) is 0 Å². The van der Waals surface area contributed by atoms with E-state index in [0.717, 1.165) is 32.6 Å². The van der Waals surface area contributed by atoms with Crippen molar-refractivity contribution in [2.24, 2.45) is 5.92 Å². The quantitative estimate of drug-likeness (QED) is 0.777. The molecule has 2 fully saturated rings. The molecule has 0 bridgehead atoms. The summed E-state index contributed by atoms with van der Waals surface area (Å²) in [6, 6.07) is 0. The van der Waals surface area contributed by atoms with Crippen molar-refractivity contribution in [3.05, 3.63) is 0 Å². The number of ether oxygens (including phenoxy) is 1. The number of rotatable bonds is 2. The highest BCUT2D eigenvalue weighted by Gasteiger charge is 2.20. The Bertz CT molecular complexity index is 219. The van der Waals surface area contributed by atoms with Gasteiger partial charge in [0.05, 0.1) is 6.61 Å². The lowest BCUT2D eigenvalue weighted by molar-refractivity contribution is 0.0902. The monoisotopic (exact) mass is 226 g/mol. The summed E-state index contributed by atoms with van der Waals surface area (Å²) in [4.78, 5) is 13.6. The van der Waals surface area contributed by atoms with Crippen LogP contribution in [0.15, 0.2) is 0 Å². The summed E-state index contributed by atoms with van der Waals surface area (Å²) in [6.07, 6.45) is 5.98. The van der Waals surface area contributed by atoms with E-state index in [9.17, 15) is 4.79 Å². The van der Waals surface area contributed by atoms with Crippen LogP contribution in [0.3, 0.4) is 0 Å². The fraction of sp³-hybridized carbons (Fsp3) is 0.917. The van der Waals surface area contributed by atoms with Gasteiger partial charge in [0.2, 0.25) is 0 Å². The van der Waals surface area contributed by atoms with Gasteiger partial charge in [-0.1, -0.05) is 12.8 Å². The van der Waals surface area contributed by atoms with Crippen molar-refractivity contribution < 1.29 is 9.53 Å². The van der Waals surface area contributed by atoms with Crippen LogP contribution in [0.4, 0.5) is 4.79 Å². The van der Waals surface area contributed by atoms with Crippen molar-refractivity contribution in [2.45, 2.75) is 32.1 Å². The minimum atomic E-state index is -0.115. The highest BCUT2D eigenvalue weighted by Crippen LogP contribution is 2.24. The number of carbonyl (C=O) groups is 1. The summed E-state index contributed by atoms with van der Waals surface area (Å²) < 4.78 is 5.38. The van der Waals surface area contributed by atoms with Crippen LogP contribution in [0.2, 0.25) is 0 Å². The molecule has 1 saturated carbocycles. The zero-order chi connectivity index (χ0) is 11.2. The molecule has 1 N–H and O–H groups in total. The Morgan fingerprint density at radius 2 is 2.00 bits per heavy atom. The van der Waals surface area contributed by atoms with Crippen molar-refractivity contribution >= 4 is 6.09 Å². The number of hydrogen-bond donors (Lipinski definition) is 1. The molecule has 92 valence electrons. The topological polar surface area (TPSA) is 41.6 Å². The van der Waals surface area contributed by atoms with Gasteiger partial charge in [0.1, 0.15) is 0 Å². The highest BCUT2D eigenvalue weighted by atomic mass is 16.6. The lowest BCUT2D eigenvalue weighted by Crippen LogP contribution is -2.35. The molecule has 1 saturated heterocycles.